The third kappa shape index (κ3) is 25.2. The lowest BCUT2D eigenvalue weighted by Gasteiger charge is -2.34. The molecule has 0 amide bonds. The van der Waals surface area contributed by atoms with E-state index in [1.807, 2.05) is 0 Å². The van der Waals surface area contributed by atoms with E-state index in [2.05, 4.69) is 66.2 Å². The second-order valence-electron chi connectivity index (χ2n) is 15.4. The van der Waals surface area contributed by atoms with Crippen molar-refractivity contribution in [2.75, 3.05) is 66.1 Å². The summed E-state index contributed by atoms with van der Waals surface area (Å²) in [6, 6.07) is 4.40. The lowest BCUT2D eigenvalue weighted by molar-refractivity contribution is -0.0529. The third-order valence-corrected chi connectivity index (χ3v) is 23.4. The maximum absolute atomic E-state index is 10.3. The molecule has 12 heteroatoms. The van der Waals surface area contributed by atoms with Crippen LogP contribution in [0.4, 0.5) is 0 Å². The fourth-order valence-corrected chi connectivity index (χ4v) is 23.3. The second-order valence-corrected chi connectivity index (χ2v) is 33.1. The highest BCUT2D eigenvalue weighted by atomic mass is 28.4. The fourth-order valence-electron chi connectivity index (χ4n) is 5.74. The van der Waals surface area contributed by atoms with E-state index in [4.69, 9.17) is 32.3 Å². The Bertz CT molecular complexity index is 652. The third-order valence-electron chi connectivity index (χ3n) is 8.37. The van der Waals surface area contributed by atoms with E-state index in [9.17, 15) is 5.11 Å². The molecule has 45 heavy (non-hydrogen) atoms. The van der Waals surface area contributed by atoms with Crippen LogP contribution < -0.4 is 0 Å². The van der Waals surface area contributed by atoms with Gasteiger partial charge in [0.1, 0.15) is 0 Å². The summed E-state index contributed by atoms with van der Waals surface area (Å²) in [5.41, 5.74) is -0.352. The first-order valence-electron chi connectivity index (χ1n) is 18.0. The van der Waals surface area contributed by atoms with Gasteiger partial charge in [-0.1, -0.05) is 20.3 Å². The Hall–Kier alpha value is 0.548. The number of aliphatic hydroxyl groups excluding tert-OH is 2. The summed E-state index contributed by atoms with van der Waals surface area (Å²) in [7, 11) is -6.98. The van der Waals surface area contributed by atoms with Gasteiger partial charge in [0.15, 0.2) is 33.3 Å². The normalized spacial score (nSPS) is 14.7. The SMILES string of the molecule is CCCCOCCC[Si](C)(C)O[Si](C)(C)CCCOCC(CC)(CO)COCCC[Si](C)(C)O[Si](C)(C)CCCOCCCO. The molecule has 8 nitrogen and oxygen atoms in total. The van der Waals surface area contributed by atoms with Crippen molar-refractivity contribution in [1.29, 1.82) is 0 Å². The first kappa shape index (κ1) is 45.5. The Kier molecular flexibility index (Phi) is 24.9. The number of rotatable bonds is 32. The zero-order chi connectivity index (χ0) is 34.3. The first-order chi connectivity index (χ1) is 21.1. The average Bonchev–Trinajstić information content (AvgIpc) is 2.94. The molecule has 0 radical (unpaired) electrons. The van der Waals surface area contributed by atoms with Crippen molar-refractivity contribution < 1.29 is 37.4 Å². The highest BCUT2D eigenvalue weighted by Crippen LogP contribution is 2.27. The average molecular weight is 713 g/mol. The van der Waals surface area contributed by atoms with Crippen LogP contribution in [0.1, 0.15) is 65.2 Å². The van der Waals surface area contributed by atoms with Crippen molar-refractivity contribution in [3.05, 3.63) is 0 Å². The molecule has 0 bridgehead atoms. The van der Waals surface area contributed by atoms with E-state index >= 15 is 0 Å². The molecule has 0 saturated carbocycles. The van der Waals surface area contributed by atoms with Gasteiger partial charge in [0.2, 0.25) is 0 Å². The summed E-state index contributed by atoms with van der Waals surface area (Å²) in [6.07, 6.45) is 7.93. The number of hydrogen-bond acceptors (Lipinski definition) is 8. The van der Waals surface area contributed by atoms with Crippen LogP contribution in [0.25, 0.3) is 0 Å². The van der Waals surface area contributed by atoms with Gasteiger partial charge >= 0.3 is 0 Å². The molecule has 0 saturated heterocycles. The highest BCUT2D eigenvalue weighted by Gasteiger charge is 2.34. The van der Waals surface area contributed by atoms with E-state index in [1.165, 1.54) is 6.42 Å². The van der Waals surface area contributed by atoms with Gasteiger partial charge in [0, 0.05) is 51.7 Å². The molecule has 1 atom stereocenters. The van der Waals surface area contributed by atoms with Crippen molar-refractivity contribution in [1.82, 2.24) is 0 Å². The minimum atomic E-state index is -1.78. The molecule has 0 rings (SSSR count). The van der Waals surface area contributed by atoms with Crippen molar-refractivity contribution in [2.45, 2.75) is 142 Å². The fraction of sp³-hybridized carbons (Fsp3) is 1.00. The Labute approximate surface area is 283 Å². The lowest BCUT2D eigenvalue weighted by atomic mass is 9.88. The number of aliphatic hydroxyl groups is 2. The molecule has 0 aromatic carbocycles. The maximum Gasteiger partial charge on any atom is 0.173 e. The van der Waals surface area contributed by atoms with Crippen molar-refractivity contribution in [3.63, 3.8) is 0 Å². The van der Waals surface area contributed by atoms with Crippen molar-refractivity contribution in [3.8, 4) is 0 Å². The maximum atomic E-state index is 10.3. The molecule has 0 aromatic heterocycles. The summed E-state index contributed by atoms with van der Waals surface area (Å²) in [5.74, 6) is 0. The van der Waals surface area contributed by atoms with Crippen LogP contribution in [0.5, 0.6) is 0 Å². The molecule has 0 aliphatic carbocycles. The molecule has 0 fully saturated rings. The van der Waals surface area contributed by atoms with Gasteiger partial charge < -0.3 is 37.4 Å². The van der Waals surface area contributed by atoms with E-state index < -0.39 is 33.3 Å². The van der Waals surface area contributed by atoms with Crippen LogP contribution in [0.3, 0.4) is 0 Å². The summed E-state index contributed by atoms with van der Waals surface area (Å²) in [6.45, 7) is 28.7. The van der Waals surface area contributed by atoms with Crippen LogP contribution >= 0.6 is 0 Å². The van der Waals surface area contributed by atoms with E-state index in [0.29, 0.717) is 39.5 Å². The van der Waals surface area contributed by atoms with Gasteiger partial charge in [-0.15, -0.1) is 0 Å². The molecule has 1 unspecified atom stereocenters. The summed E-state index contributed by atoms with van der Waals surface area (Å²) < 4.78 is 37.2. The van der Waals surface area contributed by atoms with Crippen LogP contribution in [-0.2, 0) is 27.2 Å². The predicted molar refractivity (Wildman–Crippen MR) is 199 cm³/mol. The molecule has 0 heterocycles. The Morgan fingerprint density at radius 2 is 0.800 bits per heavy atom. The Morgan fingerprint density at radius 1 is 0.467 bits per heavy atom. The van der Waals surface area contributed by atoms with Crippen LogP contribution in [0, 0.1) is 5.41 Å². The summed E-state index contributed by atoms with van der Waals surface area (Å²) >= 11 is 0. The topological polar surface area (TPSA) is 95.8 Å². The molecule has 0 aliphatic rings. The zero-order valence-electron chi connectivity index (χ0n) is 31.4. The zero-order valence-corrected chi connectivity index (χ0v) is 35.4. The smallest absolute Gasteiger partial charge is 0.173 e. The largest absolute Gasteiger partial charge is 0.455 e. The molecule has 0 aromatic rings. The number of hydrogen-bond donors (Lipinski definition) is 2. The van der Waals surface area contributed by atoms with Gasteiger partial charge in [0.05, 0.1) is 19.8 Å². The first-order valence-corrected chi connectivity index (χ1v) is 30.5. The van der Waals surface area contributed by atoms with Crippen molar-refractivity contribution >= 4 is 33.3 Å². The van der Waals surface area contributed by atoms with Gasteiger partial charge in [-0.05, 0) is 121 Å². The van der Waals surface area contributed by atoms with Crippen LogP contribution in [-0.4, -0.2) is 110 Å². The number of ether oxygens (including phenoxy) is 4. The van der Waals surface area contributed by atoms with E-state index in [0.717, 1.165) is 82.5 Å². The van der Waals surface area contributed by atoms with Crippen LogP contribution in [0.2, 0.25) is 76.6 Å². The highest BCUT2D eigenvalue weighted by molar-refractivity contribution is 6.85. The molecular formula is C33H76O8Si4. The van der Waals surface area contributed by atoms with Gasteiger partial charge in [-0.3, -0.25) is 0 Å². The minimum absolute atomic E-state index is 0.0711. The quantitative estimate of drug-likeness (QED) is 0.0535. The van der Waals surface area contributed by atoms with Gasteiger partial charge in [0.25, 0.3) is 0 Å². The minimum Gasteiger partial charge on any atom is -0.455 e. The predicted octanol–water partition coefficient (Wildman–Crippen LogP) is 8.04. The van der Waals surface area contributed by atoms with E-state index in [1.54, 1.807) is 0 Å². The summed E-state index contributed by atoms with van der Waals surface area (Å²) in [4.78, 5) is 0. The summed E-state index contributed by atoms with van der Waals surface area (Å²) in [5, 5.41) is 19.1. The lowest BCUT2D eigenvalue weighted by Crippen LogP contribution is -2.44. The molecule has 0 aliphatic heterocycles. The monoisotopic (exact) mass is 712 g/mol. The molecule has 0 spiro atoms. The second kappa shape index (κ2) is 24.6. The standard InChI is InChI=1S/C33H76O8Si4/c1-11-13-20-36-22-15-26-42(3,4)40-44(7,8)28-17-24-38-31-33(12-2,30-35)32-39-25-18-29-45(9,10)41-43(5,6)27-16-23-37-21-14-19-34/h34-35H,11-32H2,1-10H3. The molecule has 272 valence electrons. The van der Waals surface area contributed by atoms with Gasteiger partial charge in [-0.2, -0.15) is 0 Å². The van der Waals surface area contributed by atoms with E-state index in [-0.39, 0.29) is 18.6 Å². The Balaban J connectivity index is 4.36. The van der Waals surface area contributed by atoms with Crippen molar-refractivity contribution in [2.24, 2.45) is 5.41 Å². The molecular weight excluding hydrogens is 637 g/mol. The Morgan fingerprint density at radius 3 is 1.11 bits per heavy atom. The number of unbranched alkanes of at least 4 members (excludes halogenated alkanes) is 1. The molecule has 2 N–H and O–H groups in total. The van der Waals surface area contributed by atoms with Crippen LogP contribution in [0.15, 0.2) is 0 Å². The van der Waals surface area contributed by atoms with Gasteiger partial charge in [-0.25, -0.2) is 0 Å².